The number of H-pyrrole nitrogens is 1. The maximum atomic E-state index is 13.2. The summed E-state index contributed by atoms with van der Waals surface area (Å²) in [6, 6.07) is 7.97. The highest BCUT2D eigenvalue weighted by molar-refractivity contribution is 5.86. The molecule has 3 heterocycles. The largest absolute Gasteiger partial charge is 0.357 e. The Morgan fingerprint density at radius 2 is 2.20 bits per heavy atom. The first kappa shape index (κ1) is 15.8. The van der Waals surface area contributed by atoms with Crippen LogP contribution in [-0.2, 0) is 17.8 Å². The molecule has 1 aliphatic heterocycles. The minimum atomic E-state index is -0.356. The first-order valence-corrected chi connectivity index (χ1v) is 8.78. The lowest BCUT2D eigenvalue weighted by Gasteiger charge is -2.32. The van der Waals surface area contributed by atoms with Crippen LogP contribution in [-0.4, -0.2) is 42.5 Å². The fraction of sp³-hybridized carbons (Fsp3) is 0.444. The summed E-state index contributed by atoms with van der Waals surface area (Å²) >= 11 is 0. The number of aromatic amines is 1. The molecule has 1 aliphatic rings. The van der Waals surface area contributed by atoms with Crippen molar-refractivity contribution in [3.05, 3.63) is 41.9 Å². The van der Waals surface area contributed by atoms with Gasteiger partial charge in [0, 0.05) is 23.1 Å². The zero-order valence-electron chi connectivity index (χ0n) is 14.5. The number of carbonyl (C=O) groups excluding carboxylic acids is 1. The van der Waals surface area contributed by atoms with E-state index in [0.29, 0.717) is 6.54 Å². The van der Waals surface area contributed by atoms with Crippen molar-refractivity contribution in [2.24, 2.45) is 5.92 Å². The van der Waals surface area contributed by atoms with Crippen LogP contribution in [0.15, 0.2) is 30.6 Å². The smallest absolute Gasteiger partial charge is 0.248 e. The molecule has 1 aromatic carbocycles. The predicted molar refractivity (Wildman–Crippen MR) is 93.7 cm³/mol. The lowest BCUT2D eigenvalue weighted by molar-refractivity contribution is -0.137. The molecule has 1 amide bonds. The number of carbonyl (C=O) groups is 1. The molecular formula is C18H22N6O. The number of aromatic nitrogens is 5. The van der Waals surface area contributed by atoms with Crippen LogP contribution in [0.5, 0.6) is 0 Å². The Balaban J connectivity index is 1.62. The summed E-state index contributed by atoms with van der Waals surface area (Å²) in [5, 5.41) is 12.7. The Morgan fingerprint density at radius 3 is 2.96 bits per heavy atom. The highest BCUT2D eigenvalue weighted by atomic mass is 16.2. The molecule has 0 radical (unpaired) electrons. The Hall–Kier alpha value is -2.70. The second kappa shape index (κ2) is 6.31. The van der Waals surface area contributed by atoms with E-state index in [1.165, 1.54) is 17.3 Å². The van der Waals surface area contributed by atoms with Gasteiger partial charge in [0.25, 0.3) is 0 Å². The highest BCUT2D eigenvalue weighted by Crippen LogP contribution is 2.30. The van der Waals surface area contributed by atoms with Gasteiger partial charge in [-0.1, -0.05) is 38.5 Å². The molecule has 4 rings (SSSR count). The molecule has 0 spiro atoms. The molecule has 3 aromatic rings. The van der Waals surface area contributed by atoms with E-state index in [0.717, 1.165) is 30.6 Å². The number of benzene rings is 1. The minimum absolute atomic E-state index is 0.0888. The van der Waals surface area contributed by atoms with Crippen molar-refractivity contribution < 1.29 is 4.79 Å². The van der Waals surface area contributed by atoms with Crippen molar-refractivity contribution in [2.45, 2.75) is 39.3 Å². The Kier molecular flexibility index (Phi) is 3.99. The van der Waals surface area contributed by atoms with Gasteiger partial charge < -0.3 is 9.88 Å². The number of nitrogens with one attached hydrogen (secondary N) is 1. The van der Waals surface area contributed by atoms with E-state index in [4.69, 9.17) is 0 Å². The zero-order chi connectivity index (χ0) is 17.4. The second-order valence-corrected chi connectivity index (χ2v) is 6.76. The van der Waals surface area contributed by atoms with E-state index in [9.17, 15) is 4.79 Å². The Labute approximate surface area is 146 Å². The van der Waals surface area contributed by atoms with Crippen molar-refractivity contribution in [3.63, 3.8) is 0 Å². The second-order valence-electron chi connectivity index (χ2n) is 6.76. The van der Waals surface area contributed by atoms with E-state index in [-0.39, 0.29) is 17.9 Å². The standard InChI is InChI=1S/C18H22N6O/c1-3-12(2)17(24-11-19-21-22-24)18(25)23-9-8-14-13-6-4-5-7-15(13)20-16(14)10-23/h4-7,11-12,17,20H,3,8-10H2,1-2H3. The molecule has 130 valence electrons. The van der Waals surface area contributed by atoms with Gasteiger partial charge in [-0.2, -0.15) is 0 Å². The number of fused-ring (bicyclic) bond motifs is 3. The normalized spacial score (nSPS) is 16.6. The molecule has 2 unspecified atom stereocenters. The number of hydrogen-bond donors (Lipinski definition) is 1. The third-order valence-corrected chi connectivity index (χ3v) is 5.28. The van der Waals surface area contributed by atoms with Gasteiger partial charge in [-0.15, -0.1) is 5.10 Å². The number of rotatable bonds is 4. The molecule has 0 bridgehead atoms. The van der Waals surface area contributed by atoms with Gasteiger partial charge in [-0.05, 0) is 34.4 Å². The van der Waals surface area contributed by atoms with Gasteiger partial charge in [0.15, 0.2) is 0 Å². The van der Waals surface area contributed by atoms with Crippen molar-refractivity contribution in [1.29, 1.82) is 0 Å². The lowest BCUT2D eigenvalue weighted by atomic mass is 9.96. The van der Waals surface area contributed by atoms with Crippen LogP contribution < -0.4 is 0 Å². The van der Waals surface area contributed by atoms with Crippen molar-refractivity contribution in [3.8, 4) is 0 Å². The SMILES string of the molecule is CCC(C)C(C(=O)N1CCc2c([nH]c3ccccc23)C1)n1cnnn1. The predicted octanol–water partition coefficient (Wildman–Crippen LogP) is 2.33. The van der Waals surface area contributed by atoms with E-state index in [1.807, 2.05) is 11.0 Å². The Morgan fingerprint density at radius 1 is 1.36 bits per heavy atom. The zero-order valence-corrected chi connectivity index (χ0v) is 14.5. The minimum Gasteiger partial charge on any atom is -0.357 e. The molecule has 7 nitrogen and oxygen atoms in total. The Bertz CT molecular complexity index is 884. The van der Waals surface area contributed by atoms with Gasteiger partial charge in [0.2, 0.25) is 5.91 Å². The molecule has 0 aliphatic carbocycles. The van der Waals surface area contributed by atoms with Crippen molar-refractivity contribution in [1.82, 2.24) is 30.1 Å². The average molecular weight is 338 g/mol. The molecule has 0 saturated carbocycles. The highest BCUT2D eigenvalue weighted by Gasteiger charge is 2.33. The van der Waals surface area contributed by atoms with Crippen LogP contribution in [0.3, 0.4) is 0 Å². The maximum Gasteiger partial charge on any atom is 0.248 e. The monoisotopic (exact) mass is 338 g/mol. The van der Waals surface area contributed by atoms with Gasteiger partial charge in [0.05, 0.1) is 6.54 Å². The lowest BCUT2D eigenvalue weighted by Crippen LogP contribution is -2.42. The molecule has 1 N–H and O–H groups in total. The van der Waals surface area contributed by atoms with Crippen LogP contribution >= 0.6 is 0 Å². The third-order valence-electron chi connectivity index (χ3n) is 5.28. The quantitative estimate of drug-likeness (QED) is 0.792. The summed E-state index contributed by atoms with van der Waals surface area (Å²) in [4.78, 5) is 18.6. The van der Waals surface area contributed by atoms with Crippen molar-refractivity contribution in [2.75, 3.05) is 6.54 Å². The summed E-state index contributed by atoms with van der Waals surface area (Å²) in [7, 11) is 0. The van der Waals surface area contributed by atoms with Gasteiger partial charge >= 0.3 is 0 Å². The van der Waals surface area contributed by atoms with Gasteiger partial charge in [-0.25, -0.2) is 4.68 Å². The number of nitrogens with zero attached hydrogens (tertiary/aromatic N) is 5. The number of amides is 1. The van der Waals surface area contributed by atoms with Crippen LogP contribution in [0.4, 0.5) is 0 Å². The summed E-state index contributed by atoms with van der Waals surface area (Å²) in [6.45, 7) is 5.49. The van der Waals surface area contributed by atoms with Crippen LogP contribution in [0, 0.1) is 5.92 Å². The fourth-order valence-electron chi connectivity index (χ4n) is 3.70. The maximum absolute atomic E-state index is 13.2. The van der Waals surface area contributed by atoms with Gasteiger partial charge in [0.1, 0.15) is 12.4 Å². The van der Waals surface area contributed by atoms with E-state index >= 15 is 0 Å². The number of tetrazole rings is 1. The van der Waals surface area contributed by atoms with E-state index < -0.39 is 0 Å². The molecule has 0 fully saturated rings. The molecule has 2 atom stereocenters. The topological polar surface area (TPSA) is 79.7 Å². The van der Waals surface area contributed by atoms with Crippen LogP contribution in [0.1, 0.15) is 37.6 Å². The summed E-state index contributed by atoms with van der Waals surface area (Å²) < 4.78 is 1.59. The molecular weight excluding hydrogens is 316 g/mol. The van der Waals surface area contributed by atoms with Crippen LogP contribution in [0.2, 0.25) is 0 Å². The molecule has 2 aromatic heterocycles. The van der Waals surface area contributed by atoms with E-state index in [1.54, 1.807) is 4.68 Å². The van der Waals surface area contributed by atoms with Crippen molar-refractivity contribution >= 4 is 16.8 Å². The van der Waals surface area contributed by atoms with E-state index in [2.05, 4.69) is 52.6 Å². The van der Waals surface area contributed by atoms with Gasteiger partial charge in [-0.3, -0.25) is 4.79 Å². The molecule has 25 heavy (non-hydrogen) atoms. The van der Waals surface area contributed by atoms with Crippen LogP contribution in [0.25, 0.3) is 10.9 Å². The molecule has 0 saturated heterocycles. The first-order valence-electron chi connectivity index (χ1n) is 8.78. The number of hydrogen-bond acceptors (Lipinski definition) is 4. The third kappa shape index (κ3) is 2.69. The fourth-order valence-corrected chi connectivity index (χ4v) is 3.70. The summed E-state index contributed by atoms with van der Waals surface area (Å²) in [6.07, 6.45) is 3.29. The number of para-hydroxylation sites is 1. The summed E-state index contributed by atoms with van der Waals surface area (Å²) in [5.74, 6) is 0.256. The average Bonchev–Trinajstić information content (AvgIpc) is 3.28. The first-order chi connectivity index (χ1) is 12.2. The summed E-state index contributed by atoms with van der Waals surface area (Å²) in [5.41, 5.74) is 3.61. The molecule has 7 heteroatoms.